The second-order valence-electron chi connectivity index (χ2n) is 5.62. The van der Waals surface area contributed by atoms with E-state index in [1.165, 1.54) is 6.42 Å². The third kappa shape index (κ3) is 6.27. The van der Waals surface area contributed by atoms with Crippen LogP contribution in [0.3, 0.4) is 0 Å². The highest BCUT2D eigenvalue weighted by atomic mass is 28.4. The number of rotatable bonds is 5. The van der Waals surface area contributed by atoms with Crippen molar-refractivity contribution in [2.45, 2.75) is 65.8 Å². The van der Waals surface area contributed by atoms with Crippen molar-refractivity contribution in [1.29, 1.82) is 0 Å². The highest BCUT2D eigenvalue weighted by Crippen LogP contribution is 2.28. The highest BCUT2D eigenvalue weighted by Gasteiger charge is 2.30. The van der Waals surface area contributed by atoms with Gasteiger partial charge in [-0.25, -0.2) is 0 Å². The lowest BCUT2D eigenvalue weighted by Crippen LogP contribution is -2.41. The van der Waals surface area contributed by atoms with E-state index in [9.17, 15) is 0 Å². The summed E-state index contributed by atoms with van der Waals surface area (Å²) in [5.41, 5.74) is 0.110. The number of hydrogen-bond acceptors (Lipinski definition) is 1. The molecule has 0 aliphatic rings. The van der Waals surface area contributed by atoms with Gasteiger partial charge in [-0.3, -0.25) is 0 Å². The lowest BCUT2D eigenvalue weighted by Gasteiger charge is -2.37. The predicted octanol–water partition coefficient (Wildman–Crippen LogP) is 4.05. The largest absolute Gasteiger partial charge is 0.412 e. The molecule has 80 valence electrons. The van der Waals surface area contributed by atoms with Crippen LogP contribution in [-0.2, 0) is 4.43 Å². The van der Waals surface area contributed by atoms with E-state index in [1.807, 2.05) is 0 Å². The van der Waals surface area contributed by atoms with Crippen LogP contribution in [0.15, 0.2) is 0 Å². The fourth-order valence-electron chi connectivity index (χ4n) is 1.86. The highest BCUT2D eigenvalue weighted by molar-refractivity contribution is 6.69. The SMILES string of the molecule is CCC(C)(CC(C)C)O[Si](C)(C)C. The van der Waals surface area contributed by atoms with Crippen molar-refractivity contribution in [3.63, 3.8) is 0 Å². The fourth-order valence-corrected chi connectivity index (χ4v) is 3.57. The van der Waals surface area contributed by atoms with E-state index in [-0.39, 0.29) is 5.60 Å². The lowest BCUT2D eigenvalue weighted by atomic mass is 9.92. The lowest BCUT2D eigenvalue weighted by molar-refractivity contribution is 0.0539. The Hall–Kier alpha value is 0.177. The zero-order valence-corrected chi connectivity index (χ0v) is 11.4. The molecule has 0 bridgehead atoms. The quantitative estimate of drug-likeness (QED) is 0.611. The normalized spacial score (nSPS) is 17.5. The first-order valence-corrected chi connectivity index (χ1v) is 8.79. The minimum Gasteiger partial charge on any atom is -0.412 e. The molecule has 0 fully saturated rings. The maximum Gasteiger partial charge on any atom is 0.184 e. The van der Waals surface area contributed by atoms with Crippen molar-refractivity contribution in [1.82, 2.24) is 0 Å². The van der Waals surface area contributed by atoms with Gasteiger partial charge < -0.3 is 4.43 Å². The molecule has 0 saturated carbocycles. The molecular formula is C11H26OSi. The molecular weight excluding hydrogens is 176 g/mol. The van der Waals surface area contributed by atoms with Gasteiger partial charge in [-0.05, 0) is 45.3 Å². The van der Waals surface area contributed by atoms with Crippen molar-refractivity contribution in [2.75, 3.05) is 0 Å². The number of hydrogen-bond donors (Lipinski definition) is 0. The van der Waals surface area contributed by atoms with Crippen LogP contribution in [0.1, 0.15) is 40.5 Å². The van der Waals surface area contributed by atoms with Gasteiger partial charge in [0.25, 0.3) is 0 Å². The predicted molar refractivity (Wildman–Crippen MR) is 62.6 cm³/mol. The van der Waals surface area contributed by atoms with E-state index >= 15 is 0 Å². The standard InChI is InChI=1S/C11H26OSi/c1-8-11(4,9-10(2)3)12-13(5,6)7/h10H,8-9H2,1-7H3. The van der Waals surface area contributed by atoms with Crippen LogP contribution in [0.2, 0.25) is 19.6 Å². The Morgan fingerprint density at radius 1 is 1.23 bits per heavy atom. The average molecular weight is 202 g/mol. The Labute approximate surface area is 85.0 Å². The third-order valence-corrected chi connectivity index (χ3v) is 3.25. The zero-order chi connectivity index (χ0) is 10.7. The molecule has 1 nitrogen and oxygen atoms in total. The van der Waals surface area contributed by atoms with Gasteiger partial charge in [0.2, 0.25) is 0 Å². The maximum absolute atomic E-state index is 6.22. The monoisotopic (exact) mass is 202 g/mol. The molecule has 2 heteroatoms. The fraction of sp³-hybridized carbons (Fsp3) is 1.00. The van der Waals surface area contributed by atoms with Crippen LogP contribution in [0.4, 0.5) is 0 Å². The second kappa shape index (κ2) is 4.60. The van der Waals surface area contributed by atoms with Crippen LogP contribution >= 0.6 is 0 Å². The molecule has 0 aromatic rings. The zero-order valence-electron chi connectivity index (χ0n) is 10.4. The van der Waals surface area contributed by atoms with Crippen molar-refractivity contribution in [2.24, 2.45) is 5.92 Å². The van der Waals surface area contributed by atoms with Crippen LogP contribution in [-0.4, -0.2) is 13.9 Å². The maximum atomic E-state index is 6.22. The smallest absolute Gasteiger partial charge is 0.184 e. The van der Waals surface area contributed by atoms with Gasteiger partial charge in [-0.15, -0.1) is 0 Å². The molecule has 13 heavy (non-hydrogen) atoms. The van der Waals surface area contributed by atoms with Crippen molar-refractivity contribution in [3.05, 3.63) is 0 Å². The molecule has 1 atom stereocenters. The van der Waals surface area contributed by atoms with Crippen LogP contribution < -0.4 is 0 Å². The van der Waals surface area contributed by atoms with Gasteiger partial charge in [0.1, 0.15) is 0 Å². The summed E-state index contributed by atoms with van der Waals surface area (Å²) in [7, 11) is -1.38. The summed E-state index contributed by atoms with van der Waals surface area (Å²) in [6.45, 7) is 15.8. The molecule has 0 rings (SSSR count). The van der Waals surface area contributed by atoms with Crippen LogP contribution in [0.25, 0.3) is 0 Å². The van der Waals surface area contributed by atoms with E-state index < -0.39 is 8.32 Å². The molecule has 0 heterocycles. The Morgan fingerprint density at radius 2 is 1.69 bits per heavy atom. The van der Waals surface area contributed by atoms with E-state index in [2.05, 4.69) is 47.3 Å². The van der Waals surface area contributed by atoms with Crippen molar-refractivity contribution in [3.8, 4) is 0 Å². The Bertz CT molecular complexity index is 149. The first-order chi connectivity index (χ1) is 5.68. The van der Waals surface area contributed by atoms with E-state index in [0.29, 0.717) is 0 Å². The van der Waals surface area contributed by atoms with Crippen molar-refractivity contribution < 1.29 is 4.43 Å². The summed E-state index contributed by atoms with van der Waals surface area (Å²) in [6, 6.07) is 0. The summed E-state index contributed by atoms with van der Waals surface area (Å²) in [6.07, 6.45) is 2.29. The molecule has 1 unspecified atom stereocenters. The van der Waals surface area contributed by atoms with Crippen molar-refractivity contribution >= 4 is 8.32 Å². The molecule has 0 aromatic carbocycles. The molecule has 0 aliphatic heterocycles. The average Bonchev–Trinajstić information content (AvgIpc) is 1.81. The first kappa shape index (κ1) is 13.2. The van der Waals surface area contributed by atoms with Gasteiger partial charge >= 0.3 is 0 Å². The molecule has 0 radical (unpaired) electrons. The molecule has 0 saturated heterocycles. The molecule has 0 spiro atoms. The van der Waals surface area contributed by atoms with Crippen LogP contribution in [0.5, 0.6) is 0 Å². The van der Waals surface area contributed by atoms with E-state index in [0.717, 1.165) is 12.3 Å². The van der Waals surface area contributed by atoms with Gasteiger partial charge in [0.15, 0.2) is 8.32 Å². The van der Waals surface area contributed by atoms with Gasteiger partial charge in [-0.2, -0.15) is 0 Å². The van der Waals surface area contributed by atoms with Gasteiger partial charge in [-0.1, -0.05) is 20.8 Å². The second-order valence-corrected chi connectivity index (χ2v) is 10.0. The van der Waals surface area contributed by atoms with E-state index in [4.69, 9.17) is 4.43 Å². The third-order valence-electron chi connectivity index (χ3n) is 2.14. The molecule has 0 amide bonds. The molecule has 0 aromatic heterocycles. The Kier molecular flexibility index (Phi) is 4.67. The summed E-state index contributed by atoms with van der Waals surface area (Å²) < 4.78 is 6.22. The van der Waals surface area contributed by atoms with E-state index in [1.54, 1.807) is 0 Å². The summed E-state index contributed by atoms with van der Waals surface area (Å²) in [5.74, 6) is 0.723. The summed E-state index contributed by atoms with van der Waals surface area (Å²) in [5, 5.41) is 0. The molecule has 0 aliphatic carbocycles. The van der Waals surface area contributed by atoms with Gasteiger partial charge in [0.05, 0.1) is 5.60 Å². The van der Waals surface area contributed by atoms with Gasteiger partial charge in [0, 0.05) is 0 Å². The van der Waals surface area contributed by atoms with Crippen LogP contribution in [0, 0.1) is 5.92 Å². The minimum absolute atomic E-state index is 0.110. The Balaban J connectivity index is 4.28. The minimum atomic E-state index is -1.38. The summed E-state index contributed by atoms with van der Waals surface area (Å²) >= 11 is 0. The first-order valence-electron chi connectivity index (χ1n) is 5.39. The summed E-state index contributed by atoms with van der Waals surface area (Å²) in [4.78, 5) is 0. The Morgan fingerprint density at radius 3 is 1.92 bits per heavy atom. The topological polar surface area (TPSA) is 9.23 Å². The molecule has 0 N–H and O–H groups in total.